The second-order valence-corrected chi connectivity index (χ2v) is 21.9. The van der Waals surface area contributed by atoms with Gasteiger partial charge in [-0.1, -0.05) is 84.9 Å². The number of methoxy groups -OCH3 is 3. The van der Waals surface area contributed by atoms with Crippen LogP contribution in [0.2, 0.25) is 0 Å². The molecule has 0 aliphatic carbocycles. The SMILES string of the molecule is COc1ccc(CN(Cc2ccc(OC)cc2)S(=O)(=O)c2c(S(=O)(=O)N[C@@H](COC(N)=O)C(O)Cc3ccccc3)ccc(-c3cccc4sc(Br)nc34)c2-c2nnn(Cc3ccc(OC)cc3)n2)cc1. The lowest BCUT2D eigenvalue weighted by molar-refractivity contribution is 0.0852. The number of nitrogens with two attached hydrogens (primary N) is 1. The fourth-order valence-corrected chi connectivity index (χ4v) is 12.9. The van der Waals surface area contributed by atoms with Gasteiger partial charge in [0.05, 0.1) is 55.8 Å². The maximum atomic E-state index is 16.3. The minimum absolute atomic E-state index is 0.0859. The molecule has 0 radical (unpaired) electrons. The number of thiazole rings is 1. The molecule has 2 heterocycles. The number of tetrazole rings is 1. The van der Waals surface area contributed by atoms with Crippen molar-refractivity contribution in [1.82, 2.24) is 34.2 Å². The first-order valence-corrected chi connectivity index (χ1v) is 26.2. The Hall–Kier alpha value is -6.79. The normalized spacial score (nSPS) is 12.7. The summed E-state index contributed by atoms with van der Waals surface area (Å²) >= 11 is 4.84. The molecule has 0 aliphatic heterocycles. The summed E-state index contributed by atoms with van der Waals surface area (Å²) in [6.07, 6.45) is -2.82. The van der Waals surface area contributed by atoms with Crippen LogP contribution in [0.4, 0.5) is 4.79 Å². The first-order valence-electron chi connectivity index (χ1n) is 21.7. The Morgan fingerprint density at radius 3 is 1.93 bits per heavy atom. The van der Waals surface area contributed by atoms with Crippen LogP contribution < -0.4 is 24.7 Å². The van der Waals surface area contributed by atoms with Crippen LogP contribution in [0.1, 0.15) is 22.3 Å². The van der Waals surface area contributed by atoms with Gasteiger partial charge in [0.15, 0.2) is 3.92 Å². The molecule has 0 saturated heterocycles. The lowest BCUT2D eigenvalue weighted by Crippen LogP contribution is -2.48. The molecule has 0 spiro atoms. The molecule has 2 aromatic heterocycles. The molecule has 0 saturated carbocycles. The molecule has 0 bridgehead atoms. The molecule has 368 valence electrons. The largest absolute Gasteiger partial charge is 0.497 e. The molecule has 0 aliphatic rings. The molecule has 1 unspecified atom stereocenters. The van der Waals surface area contributed by atoms with E-state index in [1.54, 1.807) is 110 Å². The standard InChI is InChI=1S/C49H47BrN8O10S3/c1-65-35-18-12-32(13-19-35)27-57(28-33-14-20-36(66-2)21-15-33)71(63,64)46-43(70(61,62)55-40(30-68-49(51)60)41(59)26-31-8-5-4-6-9-31)25-24-38(39-10-7-11-42-45(39)52-48(50)69-42)44(46)47-53-56-58(54-47)29-34-16-22-37(67-3)23-17-34/h4-25,40-41,55,59H,26-30H2,1-3H3,(H2,51,60)/t40-,41?/m0/s1. The number of nitrogens with zero attached hydrogens (tertiary/aromatic N) is 6. The first-order chi connectivity index (χ1) is 34.1. The van der Waals surface area contributed by atoms with E-state index in [-0.39, 0.29) is 43.0 Å². The van der Waals surface area contributed by atoms with Gasteiger partial charge in [-0.2, -0.15) is 9.10 Å². The number of halogens is 1. The number of aliphatic hydroxyl groups is 1. The lowest BCUT2D eigenvalue weighted by Gasteiger charge is -2.28. The smallest absolute Gasteiger partial charge is 0.404 e. The average Bonchev–Trinajstić information content (AvgIpc) is 4.01. The second-order valence-electron chi connectivity index (χ2n) is 16.0. The fraction of sp³-hybridized carbons (Fsp3) is 0.204. The Kier molecular flexibility index (Phi) is 15.7. The number of aromatic nitrogens is 5. The number of primary amides is 1. The maximum absolute atomic E-state index is 16.3. The number of aliphatic hydroxyl groups excluding tert-OH is 1. The van der Waals surface area contributed by atoms with E-state index in [1.807, 2.05) is 18.2 Å². The van der Waals surface area contributed by atoms with Crippen molar-refractivity contribution in [1.29, 1.82) is 0 Å². The zero-order valence-electron chi connectivity index (χ0n) is 38.4. The number of sulfonamides is 2. The summed E-state index contributed by atoms with van der Waals surface area (Å²) in [6, 6.07) is 35.9. The van der Waals surface area contributed by atoms with E-state index in [2.05, 4.69) is 31.0 Å². The van der Waals surface area contributed by atoms with E-state index in [0.717, 1.165) is 14.6 Å². The zero-order chi connectivity index (χ0) is 50.3. The lowest BCUT2D eigenvalue weighted by atomic mass is 9.98. The highest BCUT2D eigenvalue weighted by molar-refractivity contribution is 9.11. The topological polar surface area (TPSA) is 240 Å². The number of carbonyl (C=O) groups is 1. The third-order valence-corrected chi connectivity index (χ3v) is 16.4. The van der Waals surface area contributed by atoms with Gasteiger partial charge in [-0.05, 0) is 97.5 Å². The van der Waals surface area contributed by atoms with Gasteiger partial charge in [0.1, 0.15) is 33.6 Å². The van der Waals surface area contributed by atoms with Crippen molar-refractivity contribution >= 4 is 63.6 Å². The third-order valence-electron chi connectivity index (χ3n) is 11.4. The van der Waals surface area contributed by atoms with Crippen molar-refractivity contribution < 1.29 is 45.7 Å². The summed E-state index contributed by atoms with van der Waals surface area (Å²) in [5, 5.41) is 25.1. The highest BCUT2D eigenvalue weighted by Crippen LogP contribution is 2.44. The number of ether oxygens (including phenoxy) is 4. The van der Waals surface area contributed by atoms with Crippen LogP contribution in [-0.2, 0) is 50.8 Å². The van der Waals surface area contributed by atoms with E-state index in [9.17, 15) is 9.90 Å². The first kappa shape index (κ1) is 50.6. The Labute approximate surface area is 422 Å². The van der Waals surface area contributed by atoms with E-state index in [4.69, 9.17) is 34.8 Å². The van der Waals surface area contributed by atoms with Crippen LogP contribution >= 0.6 is 27.3 Å². The van der Waals surface area contributed by atoms with Crippen molar-refractivity contribution in [3.63, 3.8) is 0 Å². The van der Waals surface area contributed by atoms with Crippen molar-refractivity contribution in [2.24, 2.45) is 5.73 Å². The number of hydrogen-bond donors (Lipinski definition) is 3. The van der Waals surface area contributed by atoms with Gasteiger partial charge in [-0.15, -0.1) is 21.5 Å². The van der Waals surface area contributed by atoms with Gasteiger partial charge >= 0.3 is 6.09 Å². The predicted octanol–water partition coefficient (Wildman–Crippen LogP) is 7.19. The summed E-state index contributed by atoms with van der Waals surface area (Å²) in [4.78, 5) is 16.5. The van der Waals surface area contributed by atoms with Crippen molar-refractivity contribution in [3.8, 4) is 39.8 Å². The number of hydrogen-bond acceptors (Lipinski definition) is 15. The average molecular weight is 1080 g/mol. The van der Waals surface area contributed by atoms with Crippen molar-refractivity contribution in [2.45, 2.75) is 48.0 Å². The highest BCUT2D eigenvalue weighted by Gasteiger charge is 2.40. The monoisotopic (exact) mass is 1080 g/mol. The van der Waals surface area contributed by atoms with Crippen LogP contribution in [-0.4, -0.2) is 97.6 Å². The Bertz CT molecular complexity index is 3310. The molecule has 4 N–H and O–H groups in total. The molecule has 6 aromatic carbocycles. The Balaban J connectivity index is 1.38. The van der Waals surface area contributed by atoms with E-state index >= 15 is 16.8 Å². The maximum Gasteiger partial charge on any atom is 0.404 e. The number of amides is 1. The molecule has 22 heteroatoms. The number of rotatable bonds is 21. The number of para-hydroxylation sites is 1. The van der Waals surface area contributed by atoms with Crippen LogP contribution in [0.25, 0.3) is 32.7 Å². The zero-order valence-corrected chi connectivity index (χ0v) is 42.4. The van der Waals surface area contributed by atoms with Gasteiger partial charge in [-0.25, -0.2) is 31.3 Å². The van der Waals surface area contributed by atoms with Crippen LogP contribution in [0.5, 0.6) is 17.2 Å². The molecular formula is C49H47BrN8O10S3. The van der Waals surface area contributed by atoms with E-state index in [1.165, 1.54) is 42.5 Å². The molecule has 8 aromatic rings. The summed E-state index contributed by atoms with van der Waals surface area (Å²) in [6.45, 7) is -1.14. The van der Waals surface area contributed by atoms with Gasteiger partial charge in [-0.3, -0.25) is 0 Å². The number of benzene rings is 6. The van der Waals surface area contributed by atoms with E-state index < -0.39 is 54.7 Å². The van der Waals surface area contributed by atoms with Crippen molar-refractivity contribution in [2.75, 3.05) is 27.9 Å². The number of carbonyl (C=O) groups excluding carboxylic acids is 1. The van der Waals surface area contributed by atoms with Crippen molar-refractivity contribution in [3.05, 3.63) is 160 Å². The molecule has 1 amide bonds. The summed E-state index contributed by atoms with van der Waals surface area (Å²) < 4.78 is 89.3. The number of fused-ring (bicyclic) bond motifs is 1. The minimum atomic E-state index is -5.07. The quantitative estimate of drug-likeness (QED) is 0.0646. The molecule has 2 atom stereocenters. The van der Waals surface area contributed by atoms with Crippen LogP contribution in [0.15, 0.2) is 147 Å². The van der Waals surface area contributed by atoms with E-state index in [0.29, 0.717) is 48.9 Å². The third kappa shape index (κ3) is 11.9. The molecule has 71 heavy (non-hydrogen) atoms. The second kappa shape index (κ2) is 22.1. The summed E-state index contributed by atoms with van der Waals surface area (Å²) in [7, 11) is -5.56. The highest BCUT2D eigenvalue weighted by atomic mass is 79.9. The number of nitrogens with one attached hydrogen (secondary N) is 1. The summed E-state index contributed by atoms with van der Waals surface area (Å²) in [5.41, 5.74) is 8.73. The Morgan fingerprint density at radius 1 is 0.761 bits per heavy atom. The van der Waals surface area contributed by atoms with Gasteiger partial charge in [0.25, 0.3) is 0 Å². The van der Waals surface area contributed by atoms with Gasteiger partial charge in [0, 0.05) is 25.1 Å². The molecular weight excluding hydrogens is 1040 g/mol. The van der Waals surface area contributed by atoms with Crippen LogP contribution in [0.3, 0.4) is 0 Å². The molecule has 8 rings (SSSR count). The minimum Gasteiger partial charge on any atom is -0.497 e. The molecule has 0 fully saturated rings. The Morgan fingerprint density at radius 2 is 1.35 bits per heavy atom. The molecule has 18 nitrogen and oxygen atoms in total. The van der Waals surface area contributed by atoms with Gasteiger partial charge < -0.3 is 29.8 Å². The van der Waals surface area contributed by atoms with Gasteiger partial charge in [0.2, 0.25) is 25.9 Å². The van der Waals surface area contributed by atoms with Crippen LogP contribution in [0, 0.1) is 0 Å². The fourth-order valence-electron chi connectivity index (χ4n) is 7.80. The predicted molar refractivity (Wildman–Crippen MR) is 270 cm³/mol. The summed E-state index contributed by atoms with van der Waals surface area (Å²) in [5.74, 6) is 1.45.